The SMILES string of the molecule is CCOC(=O)CNC(=O)N(CCC(C)C)CC(=O)N(Cc1ccc2c(c1)OCO2)Cc1coc2ccc(Cl)cc2c1=O. The number of fused-ring (bicyclic) bond motifs is 2. The van der Waals surface area contributed by atoms with Crippen LogP contribution < -0.4 is 20.2 Å². The smallest absolute Gasteiger partial charge is 0.325 e. The molecule has 1 aliphatic heterocycles. The third kappa shape index (κ3) is 7.94. The van der Waals surface area contributed by atoms with E-state index < -0.39 is 17.9 Å². The third-order valence-corrected chi connectivity index (χ3v) is 6.84. The molecule has 12 heteroatoms. The Morgan fingerprint density at radius 2 is 1.83 bits per heavy atom. The Morgan fingerprint density at radius 3 is 2.60 bits per heavy atom. The van der Waals surface area contributed by atoms with Crippen molar-refractivity contribution in [2.75, 3.05) is 33.0 Å². The van der Waals surface area contributed by atoms with Crippen molar-refractivity contribution in [1.29, 1.82) is 0 Å². The van der Waals surface area contributed by atoms with Crippen molar-refractivity contribution in [2.45, 2.75) is 40.3 Å². The normalized spacial score (nSPS) is 11.9. The predicted molar refractivity (Wildman–Crippen MR) is 155 cm³/mol. The molecule has 42 heavy (non-hydrogen) atoms. The van der Waals surface area contributed by atoms with E-state index in [4.69, 9.17) is 30.2 Å². The fraction of sp³-hybridized carbons (Fsp3) is 0.400. The van der Waals surface area contributed by atoms with Crippen LogP contribution >= 0.6 is 11.6 Å². The zero-order chi connectivity index (χ0) is 30.2. The molecule has 0 atom stereocenters. The first-order valence-corrected chi connectivity index (χ1v) is 14.1. The maximum atomic E-state index is 13.8. The van der Waals surface area contributed by atoms with Crippen LogP contribution in [0.3, 0.4) is 0 Å². The minimum Gasteiger partial charge on any atom is -0.465 e. The van der Waals surface area contributed by atoms with Gasteiger partial charge in [-0.2, -0.15) is 0 Å². The molecule has 3 amide bonds. The number of urea groups is 1. The molecular formula is C30H34ClN3O8. The molecule has 0 radical (unpaired) electrons. The van der Waals surface area contributed by atoms with E-state index in [1.165, 1.54) is 22.1 Å². The van der Waals surface area contributed by atoms with Crippen molar-refractivity contribution in [3.8, 4) is 11.5 Å². The molecule has 1 N–H and O–H groups in total. The molecule has 0 saturated carbocycles. The van der Waals surface area contributed by atoms with Gasteiger partial charge in [-0.25, -0.2) is 4.79 Å². The van der Waals surface area contributed by atoms with Crippen LogP contribution in [0.25, 0.3) is 11.0 Å². The fourth-order valence-corrected chi connectivity index (χ4v) is 4.52. The van der Waals surface area contributed by atoms with Crippen molar-refractivity contribution in [3.63, 3.8) is 0 Å². The lowest BCUT2D eigenvalue weighted by atomic mass is 10.1. The van der Waals surface area contributed by atoms with Gasteiger partial charge in [0, 0.05) is 18.1 Å². The van der Waals surface area contributed by atoms with Crippen molar-refractivity contribution in [2.24, 2.45) is 5.92 Å². The number of carbonyl (C=O) groups excluding carboxylic acids is 3. The van der Waals surface area contributed by atoms with E-state index in [0.29, 0.717) is 33.9 Å². The highest BCUT2D eigenvalue weighted by atomic mass is 35.5. The Bertz CT molecular complexity index is 1510. The van der Waals surface area contributed by atoms with Crippen LogP contribution in [0.1, 0.15) is 38.3 Å². The molecule has 2 heterocycles. The highest BCUT2D eigenvalue weighted by molar-refractivity contribution is 6.31. The number of benzene rings is 2. The lowest BCUT2D eigenvalue weighted by Gasteiger charge is -2.28. The summed E-state index contributed by atoms with van der Waals surface area (Å²) in [5, 5.41) is 3.21. The minimum atomic E-state index is -0.575. The second-order valence-electron chi connectivity index (χ2n) is 10.2. The van der Waals surface area contributed by atoms with Gasteiger partial charge < -0.3 is 33.7 Å². The number of carbonyl (C=O) groups is 3. The molecule has 0 fully saturated rings. The highest BCUT2D eigenvalue weighted by Gasteiger charge is 2.25. The van der Waals surface area contributed by atoms with Crippen LogP contribution in [-0.4, -0.2) is 60.7 Å². The van der Waals surface area contributed by atoms with Crippen LogP contribution in [0.4, 0.5) is 4.79 Å². The van der Waals surface area contributed by atoms with Crippen molar-refractivity contribution >= 4 is 40.5 Å². The highest BCUT2D eigenvalue weighted by Crippen LogP contribution is 2.33. The molecule has 0 saturated heterocycles. The molecule has 0 aliphatic carbocycles. The lowest BCUT2D eigenvalue weighted by Crippen LogP contribution is -2.48. The van der Waals surface area contributed by atoms with Crippen LogP contribution in [0.15, 0.2) is 51.9 Å². The number of halogens is 1. The maximum Gasteiger partial charge on any atom is 0.325 e. The molecule has 1 aromatic heterocycles. The zero-order valence-electron chi connectivity index (χ0n) is 23.8. The maximum absolute atomic E-state index is 13.8. The first-order valence-electron chi connectivity index (χ1n) is 13.7. The summed E-state index contributed by atoms with van der Waals surface area (Å²) in [4.78, 5) is 54.8. The molecule has 0 unspecified atom stereocenters. The number of amides is 3. The molecule has 2 aromatic carbocycles. The van der Waals surface area contributed by atoms with Gasteiger partial charge in [0.25, 0.3) is 0 Å². The first-order chi connectivity index (χ1) is 20.1. The quantitative estimate of drug-likeness (QED) is 0.305. The van der Waals surface area contributed by atoms with Gasteiger partial charge in [0.15, 0.2) is 16.9 Å². The third-order valence-electron chi connectivity index (χ3n) is 6.61. The zero-order valence-corrected chi connectivity index (χ0v) is 24.6. The van der Waals surface area contributed by atoms with E-state index in [1.807, 2.05) is 13.8 Å². The summed E-state index contributed by atoms with van der Waals surface area (Å²) in [5.74, 6) is 0.430. The van der Waals surface area contributed by atoms with Crippen LogP contribution in [0.2, 0.25) is 5.02 Å². The van der Waals surface area contributed by atoms with Gasteiger partial charge in [-0.05, 0) is 55.2 Å². The summed E-state index contributed by atoms with van der Waals surface area (Å²) >= 11 is 6.11. The number of nitrogens with one attached hydrogen (secondary N) is 1. The lowest BCUT2D eigenvalue weighted by molar-refractivity contribution is -0.141. The Labute approximate surface area is 248 Å². The average molecular weight is 600 g/mol. The van der Waals surface area contributed by atoms with Gasteiger partial charge in [0.2, 0.25) is 12.7 Å². The molecule has 224 valence electrons. The molecular weight excluding hydrogens is 566 g/mol. The number of rotatable bonds is 12. The van der Waals surface area contributed by atoms with Gasteiger partial charge in [-0.3, -0.25) is 14.4 Å². The van der Waals surface area contributed by atoms with Gasteiger partial charge in [0.05, 0.1) is 30.4 Å². The van der Waals surface area contributed by atoms with E-state index in [2.05, 4.69) is 5.32 Å². The summed E-state index contributed by atoms with van der Waals surface area (Å²) in [5.41, 5.74) is 1.05. The summed E-state index contributed by atoms with van der Waals surface area (Å²) in [6.07, 6.45) is 1.97. The summed E-state index contributed by atoms with van der Waals surface area (Å²) in [7, 11) is 0. The molecule has 0 bridgehead atoms. The van der Waals surface area contributed by atoms with E-state index in [0.717, 1.165) is 5.56 Å². The first kappa shape index (κ1) is 30.7. The number of nitrogens with zero attached hydrogens (tertiary/aromatic N) is 2. The molecule has 3 aromatic rings. The largest absolute Gasteiger partial charge is 0.465 e. The summed E-state index contributed by atoms with van der Waals surface area (Å²) in [6.45, 7) is 5.70. The standard InChI is InChI=1S/C30H34ClN3O8/c1-4-39-28(36)13-32-30(38)33(10-9-19(2)3)16-27(35)34(14-20-5-7-25-26(11-20)42-18-41-25)15-21-17-40-24-8-6-22(31)12-23(24)29(21)37/h5-8,11-12,17,19H,4,9-10,13-16,18H2,1-3H3,(H,32,38). The number of hydrogen-bond acceptors (Lipinski definition) is 8. The van der Waals surface area contributed by atoms with E-state index in [-0.39, 0.29) is 63.0 Å². The van der Waals surface area contributed by atoms with Gasteiger partial charge in [-0.1, -0.05) is 31.5 Å². The molecule has 11 nitrogen and oxygen atoms in total. The molecule has 0 spiro atoms. The minimum absolute atomic E-state index is 0.0828. The number of esters is 1. The summed E-state index contributed by atoms with van der Waals surface area (Å²) < 4.78 is 21.5. The number of ether oxygens (including phenoxy) is 3. The van der Waals surface area contributed by atoms with E-state index in [1.54, 1.807) is 37.3 Å². The molecule has 1 aliphatic rings. The Hall–Kier alpha value is -4.25. The van der Waals surface area contributed by atoms with E-state index >= 15 is 0 Å². The van der Waals surface area contributed by atoms with Crippen LogP contribution in [0, 0.1) is 5.92 Å². The van der Waals surface area contributed by atoms with E-state index in [9.17, 15) is 19.2 Å². The number of hydrogen-bond donors (Lipinski definition) is 1. The fourth-order valence-electron chi connectivity index (χ4n) is 4.35. The van der Waals surface area contributed by atoms with Crippen LogP contribution in [-0.2, 0) is 27.4 Å². The summed E-state index contributed by atoms with van der Waals surface area (Å²) in [6, 6.07) is 9.52. The Balaban J connectivity index is 1.60. The van der Waals surface area contributed by atoms with Crippen molar-refractivity contribution < 1.29 is 33.0 Å². The predicted octanol–water partition coefficient (Wildman–Crippen LogP) is 4.32. The van der Waals surface area contributed by atoms with Crippen molar-refractivity contribution in [3.05, 3.63) is 69.0 Å². The monoisotopic (exact) mass is 599 g/mol. The van der Waals surface area contributed by atoms with Gasteiger partial charge in [0.1, 0.15) is 18.7 Å². The van der Waals surface area contributed by atoms with Gasteiger partial charge >= 0.3 is 12.0 Å². The Kier molecular flexibility index (Phi) is 10.3. The second kappa shape index (κ2) is 14.1. The topological polar surface area (TPSA) is 128 Å². The van der Waals surface area contributed by atoms with Crippen LogP contribution in [0.5, 0.6) is 11.5 Å². The van der Waals surface area contributed by atoms with Crippen molar-refractivity contribution in [1.82, 2.24) is 15.1 Å². The Morgan fingerprint density at radius 1 is 1.05 bits per heavy atom. The van der Waals surface area contributed by atoms with Gasteiger partial charge in [-0.15, -0.1) is 0 Å². The second-order valence-corrected chi connectivity index (χ2v) is 10.7. The average Bonchev–Trinajstić information content (AvgIpc) is 3.43. The molecule has 4 rings (SSSR count).